The number of thioether (sulfide) groups is 1. The number of furan rings is 1. The fraction of sp³-hybridized carbons (Fsp3) is 0.350. The highest BCUT2D eigenvalue weighted by molar-refractivity contribution is 7.99. The van der Waals surface area contributed by atoms with Crippen molar-refractivity contribution >= 4 is 23.4 Å². The van der Waals surface area contributed by atoms with Crippen LogP contribution in [0.1, 0.15) is 19.6 Å². The topological polar surface area (TPSA) is 82.2 Å². The number of benzene rings is 1. The lowest BCUT2D eigenvalue weighted by Gasteiger charge is -2.12. The van der Waals surface area contributed by atoms with Gasteiger partial charge in [-0.2, -0.15) is 0 Å². The minimum Gasteiger partial charge on any atom is -0.497 e. The standard InChI is InChI=1S/C20H24N4O3S/c1-13(2)11-24-19(17-8-9-27-14(17)3)22-23-20(24)28-12-18(25)21-15-6-5-7-16(10-15)26-4/h5-10,13H,11-12H2,1-4H3,(H,21,25). The van der Waals surface area contributed by atoms with Gasteiger partial charge in [0.2, 0.25) is 5.91 Å². The average Bonchev–Trinajstić information content (AvgIpc) is 3.25. The molecule has 0 aliphatic rings. The molecule has 2 heterocycles. The molecule has 0 saturated carbocycles. The molecule has 8 heteroatoms. The van der Waals surface area contributed by atoms with Crippen molar-refractivity contribution in [3.05, 3.63) is 42.4 Å². The van der Waals surface area contributed by atoms with Crippen molar-refractivity contribution in [1.29, 1.82) is 0 Å². The van der Waals surface area contributed by atoms with E-state index >= 15 is 0 Å². The van der Waals surface area contributed by atoms with Gasteiger partial charge in [0.05, 0.1) is 24.7 Å². The number of aromatic nitrogens is 3. The van der Waals surface area contributed by atoms with Gasteiger partial charge >= 0.3 is 0 Å². The van der Waals surface area contributed by atoms with E-state index < -0.39 is 0 Å². The normalized spacial score (nSPS) is 11.0. The number of amides is 1. The number of carbonyl (C=O) groups is 1. The molecule has 0 spiro atoms. The second-order valence-electron chi connectivity index (χ2n) is 6.77. The van der Waals surface area contributed by atoms with Gasteiger partial charge < -0.3 is 19.0 Å². The van der Waals surface area contributed by atoms with E-state index in [1.807, 2.05) is 35.8 Å². The Kier molecular flexibility index (Phi) is 6.41. The monoisotopic (exact) mass is 400 g/mol. The number of nitrogens with one attached hydrogen (secondary N) is 1. The van der Waals surface area contributed by atoms with Crippen molar-refractivity contribution < 1.29 is 13.9 Å². The second-order valence-corrected chi connectivity index (χ2v) is 7.71. The van der Waals surface area contributed by atoms with Crippen molar-refractivity contribution in [2.45, 2.75) is 32.5 Å². The molecule has 0 radical (unpaired) electrons. The summed E-state index contributed by atoms with van der Waals surface area (Å²) in [4.78, 5) is 12.4. The number of nitrogens with zero attached hydrogens (tertiary/aromatic N) is 3. The molecule has 1 amide bonds. The third-order valence-electron chi connectivity index (χ3n) is 4.05. The molecule has 0 aliphatic carbocycles. The lowest BCUT2D eigenvalue weighted by Crippen LogP contribution is -2.15. The summed E-state index contributed by atoms with van der Waals surface area (Å²) in [6.45, 7) is 6.93. The van der Waals surface area contributed by atoms with Crippen molar-refractivity contribution in [3.63, 3.8) is 0 Å². The second kappa shape index (κ2) is 8.97. The number of rotatable bonds is 8. The van der Waals surface area contributed by atoms with Crippen molar-refractivity contribution in [3.8, 4) is 17.1 Å². The largest absolute Gasteiger partial charge is 0.497 e. The maximum Gasteiger partial charge on any atom is 0.234 e. The molecule has 2 aromatic heterocycles. The van der Waals surface area contributed by atoms with Gasteiger partial charge in [-0.1, -0.05) is 31.7 Å². The van der Waals surface area contributed by atoms with E-state index in [1.165, 1.54) is 11.8 Å². The first kappa shape index (κ1) is 20.0. The summed E-state index contributed by atoms with van der Waals surface area (Å²) < 4.78 is 12.6. The molecule has 0 saturated heterocycles. The Labute approximate surface area is 168 Å². The zero-order valence-electron chi connectivity index (χ0n) is 16.4. The Bertz CT molecular complexity index is 949. The predicted molar refractivity (Wildman–Crippen MR) is 110 cm³/mol. The summed E-state index contributed by atoms with van der Waals surface area (Å²) in [7, 11) is 1.59. The van der Waals surface area contributed by atoms with Crippen molar-refractivity contribution in [1.82, 2.24) is 14.8 Å². The predicted octanol–water partition coefficient (Wildman–Crippen LogP) is 4.24. The van der Waals surface area contributed by atoms with Crippen molar-refractivity contribution in [2.75, 3.05) is 18.2 Å². The number of ether oxygens (including phenoxy) is 1. The SMILES string of the molecule is COc1cccc(NC(=O)CSc2nnc(-c3ccoc3C)n2CC(C)C)c1. The lowest BCUT2D eigenvalue weighted by atomic mass is 10.2. The molecule has 1 aromatic carbocycles. The van der Waals surface area contributed by atoms with Crippen molar-refractivity contribution in [2.24, 2.45) is 5.92 Å². The Morgan fingerprint density at radius 3 is 2.82 bits per heavy atom. The van der Waals surface area contributed by atoms with Crippen LogP contribution >= 0.6 is 11.8 Å². The van der Waals surface area contributed by atoms with Gasteiger partial charge in [-0.25, -0.2) is 0 Å². The lowest BCUT2D eigenvalue weighted by molar-refractivity contribution is -0.113. The number of anilines is 1. The highest BCUT2D eigenvalue weighted by Gasteiger charge is 2.19. The Balaban J connectivity index is 1.72. The first-order valence-corrected chi connectivity index (χ1v) is 10.0. The highest BCUT2D eigenvalue weighted by atomic mass is 32.2. The van der Waals surface area contributed by atoms with Gasteiger partial charge in [0.25, 0.3) is 0 Å². The number of carbonyl (C=O) groups excluding carboxylic acids is 1. The molecule has 0 unspecified atom stereocenters. The van der Waals surface area contributed by atoms with E-state index in [0.29, 0.717) is 22.5 Å². The Morgan fingerprint density at radius 2 is 2.14 bits per heavy atom. The fourth-order valence-electron chi connectivity index (χ4n) is 2.77. The summed E-state index contributed by atoms with van der Waals surface area (Å²) in [6, 6.07) is 9.16. The zero-order chi connectivity index (χ0) is 20.1. The van der Waals surface area contributed by atoms with E-state index in [2.05, 4.69) is 29.4 Å². The van der Waals surface area contributed by atoms with E-state index in [0.717, 1.165) is 23.7 Å². The molecule has 148 valence electrons. The maximum absolute atomic E-state index is 12.4. The minimum atomic E-state index is -0.113. The maximum atomic E-state index is 12.4. The molecule has 3 aromatic rings. The summed E-state index contributed by atoms with van der Waals surface area (Å²) in [5, 5.41) is 12.2. The molecule has 0 fully saturated rings. The van der Waals surface area contributed by atoms with Crippen LogP contribution in [0.3, 0.4) is 0 Å². The quantitative estimate of drug-likeness (QED) is 0.570. The number of hydrogen-bond donors (Lipinski definition) is 1. The summed E-state index contributed by atoms with van der Waals surface area (Å²) in [6.07, 6.45) is 1.65. The van der Waals surface area contributed by atoms with Crippen LogP contribution in [0.2, 0.25) is 0 Å². The average molecular weight is 401 g/mol. The van der Waals surface area contributed by atoms with Crippen LogP contribution in [0, 0.1) is 12.8 Å². The van der Waals surface area contributed by atoms with Crippen LogP contribution in [-0.2, 0) is 11.3 Å². The van der Waals surface area contributed by atoms with Crippen LogP contribution in [0.4, 0.5) is 5.69 Å². The van der Waals surface area contributed by atoms with E-state index in [-0.39, 0.29) is 11.7 Å². The Hall–Kier alpha value is -2.74. The van der Waals surface area contributed by atoms with Gasteiger partial charge in [-0.05, 0) is 31.0 Å². The highest BCUT2D eigenvalue weighted by Crippen LogP contribution is 2.28. The van der Waals surface area contributed by atoms with Gasteiger partial charge in [-0.3, -0.25) is 4.79 Å². The third-order valence-corrected chi connectivity index (χ3v) is 5.02. The molecule has 0 aliphatic heterocycles. The van der Waals surface area contributed by atoms with E-state index in [4.69, 9.17) is 9.15 Å². The summed E-state index contributed by atoms with van der Waals surface area (Å²) >= 11 is 1.37. The molecule has 7 nitrogen and oxygen atoms in total. The smallest absolute Gasteiger partial charge is 0.234 e. The summed E-state index contributed by atoms with van der Waals surface area (Å²) in [5.41, 5.74) is 1.61. The number of aryl methyl sites for hydroxylation is 1. The van der Waals surface area contributed by atoms with Gasteiger partial charge in [0, 0.05) is 18.3 Å². The Morgan fingerprint density at radius 1 is 1.32 bits per heavy atom. The molecule has 28 heavy (non-hydrogen) atoms. The van der Waals surface area contributed by atoms with Gasteiger partial charge in [-0.15, -0.1) is 10.2 Å². The summed E-state index contributed by atoms with van der Waals surface area (Å²) in [5.74, 6) is 2.78. The van der Waals surface area contributed by atoms with Crippen LogP contribution in [0.5, 0.6) is 5.75 Å². The first-order chi connectivity index (χ1) is 13.5. The molecule has 3 rings (SSSR count). The molecular weight excluding hydrogens is 376 g/mol. The van der Waals surface area contributed by atoms with Crippen LogP contribution in [0.25, 0.3) is 11.4 Å². The third kappa shape index (κ3) is 4.75. The molecule has 1 N–H and O–H groups in total. The fourth-order valence-corrected chi connectivity index (χ4v) is 3.52. The minimum absolute atomic E-state index is 0.113. The van der Waals surface area contributed by atoms with Crippen LogP contribution in [0.15, 0.2) is 46.2 Å². The van der Waals surface area contributed by atoms with Crippen LogP contribution < -0.4 is 10.1 Å². The molecule has 0 atom stereocenters. The molecular formula is C20H24N4O3S. The van der Waals surface area contributed by atoms with Gasteiger partial charge in [0.1, 0.15) is 11.5 Å². The number of hydrogen-bond acceptors (Lipinski definition) is 6. The first-order valence-electron chi connectivity index (χ1n) is 9.02. The zero-order valence-corrected chi connectivity index (χ0v) is 17.2. The number of methoxy groups -OCH3 is 1. The van der Waals surface area contributed by atoms with E-state index in [9.17, 15) is 4.79 Å². The molecule has 0 bridgehead atoms. The van der Waals surface area contributed by atoms with Crippen LogP contribution in [-0.4, -0.2) is 33.5 Å². The van der Waals surface area contributed by atoms with Gasteiger partial charge in [0.15, 0.2) is 11.0 Å². The van der Waals surface area contributed by atoms with E-state index in [1.54, 1.807) is 19.4 Å².